The molecule has 2 aromatic rings. The summed E-state index contributed by atoms with van der Waals surface area (Å²) in [6, 6.07) is 8.71. The number of rotatable bonds is 6. The number of hydrogen-bond acceptors (Lipinski definition) is 5. The van der Waals surface area contributed by atoms with Crippen LogP contribution >= 0.6 is 0 Å². The minimum absolute atomic E-state index is 0.276. The Balaban J connectivity index is 1.87. The van der Waals surface area contributed by atoms with E-state index in [2.05, 4.69) is 47.9 Å². The number of anilines is 1. The lowest BCUT2D eigenvalue weighted by atomic mass is 10.0. The second kappa shape index (κ2) is 8.81. The van der Waals surface area contributed by atoms with Crippen LogP contribution in [0.25, 0.3) is 0 Å². The Bertz CT molecular complexity index is 767. The van der Waals surface area contributed by atoms with Gasteiger partial charge in [0.05, 0.1) is 6.10 Å². The summed E-state index contributed by atoms with van der Waals surface area (Å²) in [6.07, 6.45) is 1.51. The molecule has 1 aliphatic heterocycles. The first-order valence-electron chi connectivity index (χ1n) is 10.0. The van der Waals surface area contributed by atoms with Gasteiger partial charge in [-0.25, -0.2) is 9.97 Å². The number of hydrogen-bond donors (Lipinski definition) is 1. The number of aryl methyl sites for hydroxylation is 3. The highest BCUT2D eigenvalue weighted by molar-refractivity contribution is 5.52. The van der Waals surface area contributed by atoms with Gasteiger partial charge in [-0.1, -0.05) is 36.8 Å². The maximum Gasteiger partial charge on any atom is 0.136 e. The Morgan fingerprint density at radius 1 is 1.11 bits per heavy atom. The van der Waals surface area contributed by atoms with Crippen LogP contribution in [0.1, 0.15) is 42.1 Å². The molecule has 1 N–H and O–H groups in total. The third kappa shape index (κ3) is 5.05. The van der Waals surface area contributed by atoms with Crippen LogP contribution in [0.15, 0.2) is 24.3 Å². The average molecular weight is 369 g/mol. The van der Waals surface area contributed by atoms with Crippen molar-refractivity contribution in [3.63, 3.8) is 0 Å². The Kier molecular flexibility index (Phi) is 6.45. The van der Waals surface area contributed by atoms with Crippen LogP contribution in [0.3, 0.4) is 0 Å². The fourth-order valence-electron chi connectivity index (χ4n) is 3.91. The smallest absolute Gasteiger partial charge is 0.136 e. The van der Waals surface area contributed by atoms with Crippen molar-refractivity contribution in [2.45, 2.75) is 46.6 Å². The summed E-state index contributed by atoms with van der Waals surface area (Å²) >= 11 is 0. The lowest BCUT2D eigenvalue weighted by Gasteiger charge is -2.37. The van der Waals surface area contributed by atoms with E-state index in [1.165, 1.54) is 16.7 Å². The molecule has 3 rings (SSSR count). The van der Waals surface area contributed by atoms with E-state index in [0.717, 1.165) is 62.9 Å². The number of piperazine rings is 1. The van der Waals surface area contributed by atoms with Crippen molar-refractivity contribution in [2.75, 3.05) is 37.6 Å². The van der Waals surface area contributed by atoms with Gasteiger partial charge in [-0.2, -0.15) is 0 Å². The van der Waals surface area contributed by atoms with Crippen LogP contribution in [0.2, 0.25) is 0 Å². The van der Waals surface area contributed by atoms with Gasteiger partial charge < -0.3 is 10.0 Å². The third-order valence-electron chi connectivity index (χ3n) is 5.18. The molecule has 0 bridgehead atoms. The molecule has 1 fully saturated rings. The monoisotopic (exact) mass is 368 g/mol. The number of aromatic nitrogens is 2. The molecule has 1 saturated heterocycles. The Morgan fingerprint density at radius 2 is 1.85 bits per heavy atom. The molecule has 5 nitrogen and oxygen atoms in total. The number of β-amino-alcohol motifs (C(OH)–C–C–N with tert-alkyl or cyclic N) is 1. The maximum absolute atomic E-state index is 9.65. The van der Waals surface area contributed by atoms with E-state index < -0.39 is 0 Å². The first-order chi connectivity index (χ1) is 13.0. The molecular weight excluding hydrogens is 336 g/mol. The number of benzene rings is 1. The van der Waals surface area contributed by atoms with Gasteiger partial charge in [-0.15, -0.1) is 0 Å². The number of aliphatic hydroxyl groups is 1. The van der Waals surface area contributed by atoms with Gasteiger partial charge >= 0.3 is 0 Å². The minimum atomic E-state index is -0.276. The lowest BCUT2D eigenvalue weighted by Crippen LogP contribution is -2.49. The zero-order valence-electron chi connectivity index (χ0n) is 17.1. The van der Waals surface area contributed by atoms with Crippen molar-refractivity contribution in [1.29, 1.82) is 0 Å². The maximum atomic E-state index is 9.65. The van der Waals surface area contributed by atoms with E-state index in [9.17, 15) is 5.11 Å². The molecule has 2 heterocycles. The third-order valence-corrected chi connectivity index (χ3v) is 5.18. The summed E-state index contributed by atoms with van der Waals surface area (Å²) in [7, 11) is 0. The van der Waals surface area contributed by atoms with E-state index in [-0.39, 0.29) is 6.10 Å². The first kappa shape index (κ1) is 19.8. The molecule has 1 atom stereocenters. The Labute approximate surface area is 163 Å². The average Bonchev–Trinajstić information content (AvgIpc) is 2.63. The molecule has 0 spiro atoms. The normalized spacial score (nSPS) is 16.6. The molecule has 1 aromatic carbocycles. The predicted octanol–water partition coefficient (Wildman–Crippen LogP) is 2.75. The van der Waals surface area contributed by atoms with Gasteiger partial charge in [0.15, 0.2) is 0 Å². The summed E-state index contributed by atoms with van der Waals surface area (Å²) in [5, 5.41) is 9.65. The van der Waals surface area contributed by atoms with Gasteiger partial charge in [-0.05, 0) is 32.8 Å². The van der Waals surface area contributed by atoms with Crippen LogP contribution in [0.5, 0.6) is 0 Å². The van der Waals surface area contributed by atoms with Gasteiger partial charge in [-0.3, -0.25) is 4.90 Å². The second-order valence-electron chi connectivity index (χ2n) is 7.68. The Hall–Kier alpha value is -1.98. The number of nitrogens with zero attached hydrogens (tertiary/aromatic N) is 4. The van der Waals surface area contributed by atoms with Crippen molar-refractivity contribution in [2.24, 2.45) is 0 Å². The van der Waals surface area contributed by atoms with Crippen molar-refractivity contribution >= 4 is 5.82 Å². The highest BCUT2D eigenvalue weighted by atomic mass is 16.3. The summed E-state index contributed by atoms with van der Waals surface area (Å²) in [5.41, 5.74) is 5.01. The van der Waals surface area contributed by atoms with Crippen molar-refractivity contribution in [3.8, 4) is 0 Å². The quantitative estimate of drug-likeness (QED) is 0.850. The summed E-state index contributed by atoms with van der Waals surface area (Å²) in [4.78, 5) is 14.3. The van der Waals surface area contributed by atoms with E-state index in [0.29, 0.717) is 0 Å². The van der Waals surface area contributed by atoms with Gasteiger partial charge in [0.25, 0.3) is 0 Å². The molecule has 1 aromatic heterocycles. The van der Waals surface area contributed by atoms with Crippen molar-refractivity contribution in [1.82, 2.24) is 14.9 Å². The summed E-state index contributed by atoms with van der Waals surface area (Å²) in [6.45, 7) is 12.7. The van der Waals surface area contributed by atoms with Crippen molar-refractivity contribution in [3.05, 3.63) is 52.5 Å². The zero-order valence-corrected chi connectivity index (χ0v) is 17.1. The summed E-state index contributed by atoms with van der Waals surface area (Å²) in [5.74, 6) is 1.94. The minimum Gasteiger partial charge on any atom is -0.392 e. The first-order valence-corrected chi connectivity index (χ1v) is 10.0. The highest BCUT2D eigenvalue weighted by Crippen LogP contribution is 2.26. The lowest BCUT2D eigenvalue weighted by molar-refractivity contribution is 0.122. The molecule has 0 radical (unpaired) electrons. The standard InChI is InChI=1S/C22H32N4O/c1-5-21-20(14-19-8-6-7-16(2)13-19)22(24-18(4)23-21)26-11-9-25(10-12-26)15-17(3)27/h6-8,13,17,27H,5,9-12,14-15H2,1-4H3/t17-/m1/s1. The fraction of sp³-hybridized carbons (Fsp3) is 0.545. The van der Waals surface area contributed by atoms with Gasteiger partial charge in [0.2, 0.25) is 0 Å². The zero-order chi connectivity index (χ0) is 19.4. The molecule has 1 aliphatic rings. The van der Waals surface area contributed by atoms with E-state index in [1.54, 1.807) is 0 Å². The van der Waals surface area contributed by atoms with E-state index >= 15 is 0 Å². The molecule has 0 aliphatic carbocycles. The van der Waals surface area contributed by atoms with Crippen LogP contribution < -0.4 is 4.90 Å². The molecule has 0 saturated carbocycles. The molecule has 0 amide bonds. The molecule has 0 unspecified atom stereocenters. The predicted molar refractivity (Wildman–Crippen MR) is 110 cm³/mol. The van der Waals surface area contributed by atoms with Crippen LogP contribution in [0.4, 0.5) is 5.82 Å². The largest absolute Gasteiger partial charge is 0.392 e. The molecule has 5 heteroatoms. The molecular formula is C22H32N4O. The summed E-state index contributed by atoms with van der Waals surface area (Å²) < 4.78 is 0. The van der Waals surface area contributed by atoms with Crippen LogP contribution in [-0.2, 0) is 12.8 Å². The fourth-order valence-corrected chi connectivity index (χ4v) is 3.91. The highest BCUT2D eigenvalue weighted by Gasteiger charge is 2.23. The molecule has 146 valence electrons. The topological polar surface area (TPSA) is 52.5 Å². The second-order valence-corrected chi connectivity index (χ2v) is 7.68. The SMILES string of the molecule is CCc1nc(C)nc(N2CCN(C[C@@H](C)O)CC2)c1Cc1cccc(C)c1. The van der Waals surface area contributed by atoms with E-state index in [4.69, 9.17) is 9.97 Å². The van der Waals surface area contributed by atoms with Crippen molar-refractivity contribution < 1.29 is 5.11 Å². The Morgan fingerprint density at radius 3 is 2.48 bits per heavy atom. The van der Waals surface area contributed by atoms with Gasteiger partial charge in [0.1, 0.15) is 11.6 Å². The van der Waals surface area contributed by atoms with Crippen LogP contribution in [0, 0.1) is 13.8 Å². The van der Waals surface area contributed by atoms with E-state index in [1.807, 2.05) is 13.8 Å². The van der Waals surface area contributed by atoms with Crippen LogP contribution in [-0.4, -0.2) is 58.8 Å². The van der Waals surface area contributed by atoms with Gasteiger partial charge in [0, 0.05) is 50.4 Å². The number of aliphatic hydroxyl groups excluding tert-OH is 1. The molecule has 27 heavy (non-hydrogen) atoms.